The van der Waals surface area contributed by atoms with E-state index in [1.807, 2.05) is 0 Å². The molecular formula is C14H19F3N2. The lowest BCUT2D eigenvalue weighted by Crippen LogP contribution is -2.37. The fraction of sp³-hybridized carbons (Fsp3) is 0.571. The van der Waals surface area contributed by atoms with Gasteiger partial charge in [0.25, 0.3) is 0 Å². The van der Waals surface area contributed by atoms with Gasteiger partial charge < -0.3 is 5.32 Å². The maximum atomic E-state index is 13.2. The fourth-order valence-corrected chi connectivity index (χ4v) is 2.56. The van der Waals surface area contributed by atoms with Crippen LogP contribution in [0.5, 0.6) is 0 Å². The summed E-state index contributed by atoms with van der Waals surface area (Å²) in [6.45, 7) is 5.26. The smallest absolute Gasteiger partial charge is 0.194 e. The lowest BCUT2D eigenvalue weighted by atomic mass is 10.1. The van der Waals surface area contributed by atoms with Crippen molar-refractivity contribution in [3.63, 3.8) is 0 Å². The Labute approximate surface area is 111 Å². The Bertz CT molecular complexity index is 408. The molecule has 1 unspecified atom stereocenters. The van der Waals surface area contributed by atoms with Gasteiger partial charge in [-0.2, -0.15) is 0 Å². The van der Waals surface area contributed by atoms with Crippen LogP contribution in [-0.4, -0.2) is 30.6 Å². The highest BCUT2D eigenvalue weighted by atomic mass is 19.2. The quantitative estimate of drug-likeness (QED) is 0.829. The normalized spacial score (nSPS) is 19.3. The van der Waals surface area contributed by atoms with Crippen molar-refractivity contribution in [2.75, 3.05) is 19.6 Å². The van der Waals surface area contributed by atoms with E-state index in [0.717, 1.165) is 44.6 Å². The molecule has 0 spiro atoms. The van der Waals surface area contributed by atoms with Crippen LogP contribution in [0.3, 0.4) is 0 Å². The second-order valence-corrected chi connectivity index (χ2v) is 4.99. The van der Waals surface area contributed by atoms with Crippen molar-refractivity contribution in [1.82, 2.24) is 10.2 Å². The molecule has 2 rings (SSSR count). The molecule has 1 heterocycles. The Hall–Kier alpha value is -1.07. The first-order valence-electron chi connectivity index (χ1n) is 6.70. The summed E-state index contributed by atoms with van der Waals surface area (Å²) in [5.41, 5.74) is 0.483. The molecule has 106 valence electrons. The highest BCUT2D eigenvalue weighted by Crippen LogP contribution is 2.18. The van der Waals surface area contributed by atoms with Gasteiger partial charge in [-0.05, 0) is 43.6 Å². The fourth-order valence-electron chi connectivity index (χ4n) is 2.56. The van der Waals surface area contributed by atoms with Gasteiger partial charge in [-0.3, -0.25) is 4.90 Å². The van der Waals surface area contributed by atoms with Gasteiger partial charge in [0.05, 0.1) is 0 Å². The van der Waals surface area contributed by atoms with Crippen molar-refractivity contribution >= 4 is 0 Å². The van der Waals surface area contributed by atoms with E-state index in [9.17, 15) is 13.2 Å². The Morgan fingerprint density at radius 1 is 1.26 bits per heavy atom. The van der Waals surface area contributed by atoms with E-state index in [4.69, 9.17) is 0 Å². The predicted octanol–water partition coefficient (Wildman–Crippen LogP) is 2.68. The van der Waals surface area contributed by atoms with Crippen LogP contribution in [0.15, 0.2) is 12.1 Å². The highest BCUT2D eigenvalue weighted by molar-refractivity contribution is 5.19. The van der Waals surface area contributed by atoms with Gasteiger partial charge in [0.15, 0.2) is 17.5 Å². The summed E-state index contributed by atoms with van der Waals surface area (Å²) >= 11 is 0. The molecule has 19 heavy (non-hydrogen) atoms. The van der Waals surface area contributed by atoms with E-state index in [-0.39, 0.29) is 0 Å². The van der Waals surface area contributed by atoms with Crippen molar-refractivity contribution in [2.45, 2.75) is 32.4 Å². The molecule has 5 heteroatoms. The third-order valence-corrected chi connectivity index (χ3v) is 3.49. The summed E-state index contributed by atoms with van der Waals surface area (Å²) in [6.07, 6.45) is 2.01. The molecule has 0 bridgehead atoms. The van der Waals surface area contributed by atoms with E-state index in [1.165, 1.54) is 0 Å². The summed E-state index contributed by atoms with van der Waals surface area (Å²) < 4.78 is 39.3. The van der Waals surface area contributed by atoms with E-state index >= 15 is 0 Å². The Morgan fingerprint density at radius 2 is 1.95 bits per heavy atom. The zero-order chi connectivity index (χ0) is 13.8. The lowest BCUT2D eigenvalue weighted by molar-refractivity contribution is 0.199. The van der Waals surface area contributed by atoms with Gasteiger partial charge in [-0.25, -0.2) is 13.2 Å². The topological polar surface area (TPSA) is 15.3 Å². The van der Waals surface area contributed by atoms with Crippen LogP contribution in [0.2, 0.25) is 0 Å². The molecule has 0 aliphatic carbocycles. The first kappa shape index (κ1) is 14.3. The first-order valence-corrected chi connectivity index (χ1v) is 6.70. The molecule has 1 saturated heterocycles. The molecule has 1 atom stereocenters. The Morgan fingerprint density at radius 3 is 2.47 bits per heavy atom. The summed E-state index contributed by atoms with van der Waals surface area (Å²) in [5, 5.41) is 3.28. The summed E-state index contributed by atoms with van der Waals surface area (Å²) in [5.74, 6) is -3.62. The van der Waals surface area contributed by atoms with E-state index in [1.54, 1.807) is 0 Å². The molecular weight excluding hydrogens is 253 g/mol. The largest absolute Gasteiger partial charge is 0.315 e. The molecule has 1 aromatic carbocycles. The monoisotopic (exact) mass is 272 g/mol. The molecule has 0 radical (unpaired) electrons. The molecule has 0 amide bonds. The molecule has 1 N–H and O–H groups in total. The first-order chi connectivity index (χ1) is 9.11. The van der Waals surface area contributed by atoms with E-state index in [2.05, 4.69) is 17.1 Å². The molecule has 1 aliphatic heterocycles. The average Bonchev–Trinajstić information content (AvgIpc) is 2.89. The number of hydrogen-bond donors (Lipinski definition) is 1. The van der Waals surface area contributed by atoms with Crippen LogP contribution in [0.4, 0.5) is 13.2 Å². The van der Waals surface area contributed by atoms with Gasteiger partial charge in [-0.15, -0.1) is 0 Å². The number of benzene rings is 1. The van der Waals surface area contributed by atoms with Gasteiger partial charge >= 0.3 is 0 Å². The minimum absolute atomic E-state index is 0.385. The number of rotatable bonds is 5. The zero-order valence-corrected chi connectivity index (χ0v) is 11.1. The molecule has 1 aromatic rings. The van der Waals surface area contributed by atoms with E-state index < -0.39 is 17.5 Å². The van der Waals surface area contributed by atoms with Crippen LogP contribution >= 0.6 is 0 Å². The number of halogens is 3. The molecule has 0 aromatic heterocycles. The summed E-state index contributed by atoms with van der Waals surface area (Å²) in [7, 11) is 0. The molecule has 1 aliphatic rings. The number of nitrogens with zero attached hydrogens (tertiary/aromatic N) is 1. The Kier molecular flexibility index (Phi) is 4.82. The van der Waals surface area contributed by atoms with Crippen molar-refractivity contribution in [1.29, 1.82) is 0 Å². The van der Waals surface area contributed by atoms with Crippen LogP contribution < -0.4 is 5.32 Å². The predicted molar refractivity (Wildman–Crippen MR) is 68.3 cm³/mol. The van der Waals surface area contributed by atoms with Gasteiger partial charge in [0, 0.05) is 19.1 Å². The van der Waals surface area contributed by atoms with Gasteiger partial charge in [0.1, 0.15) is 0 Å². The summed E-state index contributed by atoms with van der Waals surface area (Å²) in [4.78, 5) is 2.20. The number of hydrogen-bond acceptors (Lipinski definition) is 2. The van der Waals surface area contributed by atoms with Crippen LogP contribution in [0.25, 0.3) is 0 Å². The molecule has 0 saturated carbocycles. The SMILES string of the molecule is CCCN(Cc1cc(F)c(F)c(F)c1)C1CCNC1. The standard InChI is InChI=1S/C14H19F3N2/c1-2-5-19(11-3-4-18-8-11)9-10-6-12(15)14(17)13(16)7-10/h6-7,11,18H,2-5,8-9H2,1H3. The van der Waals surface area contributed by atoms with Crippen LogP contribution in [-0.2, 0) is 6.54 Å². The van der Waals surface area contributed by atoms with Crippen LogP contribution in [0.1, 0.15) is 25.3 Å². The molecule has 2 nitrogen and oxygen atoms in total. The number of nitrogens with one attached hydrogen (secondary N) is 1. The van der Waals surface area contributed by atoms with Crippen molar-refractivity contribution < 1.29 is 13.2 Å². The van der Waals surface area contributed by atoms with Gasteiger partial charge in [-0.1, -0.05) is 6.92 Å². The van der Waals surface area contributed by atoms with Crippen molar-refractivity contribution in [2.24, 2.45) is 0 Å². The second-order valence-electron chi connectivity index (χ2n) is 4.99. The van der Waals surface area contributed by atoms with Crippen LogP contribution in [0, 0.1) is 17.5 Å². The second kappa shape index (κ2) is 6.39. The van der Waals surface area contributed by atoms with Crippen molar-refractivity contribution in [3.8, 4) is 0 Å². The third kappa shape index (κ3) is 3.48. The highest BCUT2D eigenvalue weighted by Gasteiger charge is 2.22. The Balaban J connectivity index is 2.12. The summed E-state index contributed by atoms with van der Waals surface area (Å²) in [6, 6.07) is 2.56. The zero-order valence-electron chi connectivity index (χ0n) is 11.1. The lowest BCUT2D eigenvalue weighted by Gasteiger charge is -2.28. The maximum absolute atomic E-state index is 13.2. The third-order valence-electron chi connectivity index (χ3n) is 3.49. The minimum atomic E-state index is -1.40. The van der Waals surface area contributed by atoms with Gasteiger partial charge in [0.2, 0.25) is 0 Å². The average molecular weight is 272 g/mol. The maximum Gasteiger partial charge on any atom is 0.194 e. The molecule has 1 fully saturated rings. The van der Waals surface area contributed by atoms with Crippen molar-refractivity contribution in [3.05, 3.63) is 35.1 Å². The minimum Gasteiger partial charge on any atom is -0.315 e. The van der Waals surface area contributed by atoms with E-state index in [0.29, 0.717) is 18.2 Å².